The molecule has 1 aromatic carbocycles. The van der Waals surface area contributed by atoms with Crippen molar-refractivity contribution in [2.24, 2.45) is 0 Å². The minimum Gasteiger partial charge on any atom is -0.361 e. The summed E-state index contributed by atoms with van der Waals surface area (Å²) in [5.74, 6) is 0.699. The van der Waals surface area contributed by atoms with Crippen LogP contribution in [0.3, 0.4) is 0 Å². The summed E-state index contributed by atoms with van der Waals surface area (Å²) in [4.78, 5) is 12.3. The van der Waals surface area contributed by atoms with Crippen LogP contribution < -0.4 is 5.32 Å². The SMILES string of the molecule is Cc1cnc(N[C@@H]2CC[C@H]2N2CCCC2)nc1-c1cn(COCC[Si](C)(C)C)c2cc(C#N)ccc12. The van der Waals surface area contributed by atoms with Crippen LogP contribution in [0.5, 0.6) is 0 Å². The molecule has 0 unspecified atom stereocenters. The molecule has 36 heavy (non-hydrogen) atoms. The number of likely N-dealkylation sites (tertiary alicyclic amines) is 1. The molecule has 8 heteroatoms. The van der Waals surface area contributed by atoms with Crippen LogP contribution in [0.2, 0.25) is 25.7 Å². The van der Waals surface area contributed by atoms with Crippen molar-refractivity contribution in [1.29, 1.82) is 5.26 Å². The van der Waals surface area contributed by atoms with E-state index in [4.69, 9.17) is 9.72 Å². The smallest absolute Gasteiger partial charge is 0.223 e. The lowest BCUT2D eigenvalue weighted by Gasteiger charge is -2.43. The van der Waals surface area contributed by atoms with Gasteiger partial charge < -0.3 is 14.6 Å². The Labute approximate surface area is 215 Å². The highest BCUT2D eigenvalue weighted by Gasteiger charge is 2.37. The van der Waals surface area contributed by atoms with Crippen molar-refractivity contribution in [3.05, 3.63) is 41.7 Å². The van der Waals surface area contributed by atoms with E-state index in [1.165, 1.54) is 38.8 Å². The molecule has 1 aliphatic heterocycles. The summed E-state index contributed by atoms with van der Waals surface area (Å²) in [6, 6.07) is 10.3. The van der Waals surface area contributed by atoms with E-state index in [0.29, 0.717) is 30.3 Å². The van der Waals surface area contributed by atoms with Gasteiger partial charge in [-0.3, -0.25) is 4.90 Å². The van der Waals surface area contributed by atoms with Gasteiger partial charge in [0.2, 0.25) is 5.95 Å². The Hall–Kier alpha value is -2.73. The van der Waals surface area contributed by atoms with Crippen LogP contribution in [0, 0.1) is 18.3 Å². The first-order valence-corrected chi connectivity index (χ1v) is 17.0. The average molecular weight is 503 g/mol. The summed E-state index contributed by atoms with van der Waals surface area (Å²) in [5, 5.41) is 14.2. The van der Waals surface area contributed by atoms with Crippen LogP contribution in [0.25, 0.3) is 22.2 Å². The normalized spacial score (nSPS) is 20.4. The number of ether oxygens (including phenoxy) is 1. The highest BCUT2D eigenvalue weighted by molar-refractivity contribution is 6.76. The molecular weight excluding hydrogens is 464 g/mol. The van der Waals surface area contributed by atoms with Crippen LogP contribution in [0.15, 0.2) is 30.6 Å². The van der Waals surface area contributed by atoms with E-state index in [0.717, 1.165) is 40.4 Å². The number of hydrogen-bond acceptors (Lipinski definition) is 6. The summed E-state index contributed by atoms with van der Waals surface area (Å²) in [7, 11) is -1.16. The van der Waals surface area contributed by atoms with Crippen molar-refractivity contribution in [2.45, 2.75) is 77.1 Å². The zero-order valence-corrected chi connectivity index (χ0v) is 23.0. The fourth-order valence-electron chi connectivity index (χ4n) is 5.31. The predicted molar refractivity (Wildman–Crippen MR) is 148 cm³/mol. The van der Waals surface area contributed by atoms with Gasteiger partial charge in [0.05, 0.1) is 22.8 Å². The molecule has 0 bridgehead atoms. The Morgan fingerprint density at radius 3 is 2.69 bits per heavy atom. The number of aryl methyl sites for hydroxylation is 1. The van der Waals surface area contributed by atoms with Gasteiger partial charge in [-0.1, -0.05) is 25.7 Å². The highest BCUT2D eigenvalue weighted by Crippen LogP contribution is 2.34. The zero-order chi connectivity index (χ0) is 25.3. The second-order valence-corrected chi connectivity index (χ2v) is 17.2. The van der Waals surface area contributed by atoms with Gasteiger partial charge in [0, 0.05) is 50.1 Å². The molecule has 1 N–H and O–H groups in total. The van der Waals surface area contributed by atoms with E-state index in [1.807, 2.05) is 24.4 Å². The molecule has 1 saturated heterocycles. The number of nitrogens with zero attached hydrogens (tertiary/aromatic N) is 5. The molecule has 7 nitrogen and oxygen atoms in total. The maximum absolute atomic E-state index is 9.49. The van der Waals surface area contributed by atoms with Gasteiger partial charge in [-0.15, -0.1) is 0 Å². The Kier molecular flexibility index (Phi) is 7.15. The highest BCUT2D eigenvalue weighted by atomic mass is 28.3. The van der Waals surface area contributed by atoms with E-state index in [2.05, 4.69) is 58.6 Å². The Bertz CT molecular complexity index is 1270. The van der Waals surface area contributed by atoms with Gasteiger partial charge in [-0.2, -0.15) is 5.26 Å². The summed E-state index contributed by atoms with van der Waals surface area (Å²) >= 11 is 0. The van der Waals surface area contributed by atoms with Gasteiger partial charge in [-0.25, -0.2) is 9.97 Å². The van der Waals surface area contributed by atoms with Gasteiger partial charge >= 0.3 is 0 Å². The van der Waals surface area contributed by atoms with Crippen LogP contribution >= 0.6 is 0 Å². The van der Waals surface area contributed by atoms with Crippen molar-refractivity contribution in [2.75, 3.05) is 25.0 Å². The molecule has 5 rings (SSSR count). The molecule has 3 heterocycles. The third-order valence-corrected chi connectivity index (χ3v) is 9.33. The maximum Gasteiger partial charge on any atom is 0.223 e. The minimum atomic E-state index is -1.16. The molecule has 2 aromatic heterocycles. The second kappa shape index (κ2) is 10.3. The van der Waals surface area contributed by atoms with Crippen molar-refractivity contribution in [1.82, 2.24) is 19.4 Å². The lowest BCUT2D eigenvalue weighted by molar-refractivity contribution is 0.0903. The molecule has 3 aromatic rings. The summed E-state index contributed by atoms with van der Waals surface area (Å²) < 4.78 is 8.19. The molecule has 0 spiro atoms. The number of nitriles is 1. The molecule has 190 valence electrons. The molecule has 2 atom stereocenters. The topological polar surface area (TPSA) is 79.0 Å². The van der Waals surface area contributed by atoms with Crippen LogP contribution in [-0.2, 0) is 11.5 Å². The molecule has 0 radical (unpaired) electrons. The van der Waals surface area contributed by atoms with Gasteiger partial charge in [0.1, 0.15) is 6.73 Å². The van der Waals surface area contributed by atoms with Crippen molar-refractivity contribution >= 4 is 24.9 Å². The number of nitrogens with one attached hydrogen (secondary N) is 1. The van der Waals surface area contributed by atoms with E-state index in [1.54, 1.807) is 0 Å². The number of aromatic nitrogens is 3. The third-order valence-electron chi connectivity index (χ3n) is 7.63. The minimum absolute atomic E-state index is 0.415. The lowest BCUT2D eigenvalue weighted by atomic mass is 9.85. The van der Waals surface area contributed by atoms with Gasteiger partial charge in [0.15, 0.2) is 0 Å². The van der Waals surface area contributed by atoms with Crippen LogP contribution in [0.1, 0.15) is 36.8 Å². The van der Waals surface area contributed by atoms with E-state index < -0.39 is 8.07 Å². The van der Waals surface area contributed by atoms with E-state index in [-0.39, 0.29) is 0 Å². The summed E-state index contributed by atoms with van der Waals surface area (Å²) in [5.41, 5.74) is 4.66. The van der Waals surface area contributed by atoms with Crippen molar-refractivity contribution in [3.8, 4) is 17.3 Å². The van der Waals surface area contributed by atoms with Crippen LogP contribution in [0.4, 0.5) is 5.95 Å². The first kappa shape index (κ1) is 24.9. The third kappa shape index (κ3) is 5.34. The van der Waals surface area contributed by atoms with Crippen molar-refractivity contribution < 1.29 is 4.74 Å². The van der Waals surface area contributed by atoms with Crippen molar-refractivity contribution in [3.63, 3.8) is 0 Å². The monoisotopic (exact) mass is 502 g/mol. The fraction of sp³-hybridized carbons (Fsp3) is 0.536. The second-order valence-electron chi connectivity index (χ2n) is 11.6. The Balaban J connectivity index is 1.41. The zero-order valence-electron chi connectivity index (χ0n) is 22.0. The molecule has 2 aliphatic rings. The van der Waals surface area contributed by atoms with Gasteiger partial charge in [0.25, 0.3) is 0 Å². The van der Waals surface area contributed by atoms with E-state index in [9.17, 15) is 5.26 Å². The van der Waals surface area contributed by atoms with E-state index >= 15 is 0 Å². The summed E-state index contributed by atoms with van der Waals surface area (Å²) in [6.45, 7) is 12.8. The standard InChI is InChI=1S/C28H38N6OSi/c1-20-17-30-28(31-24-9-10-25(24)33-11-5-6-12-33)32-27(20)23-18-34(19-35-13-14-36(2,3)4)26-15-21(16-29)7-8-22(23)26/h7-8,15,17-18,24-25H,5-6,9-14,19H2,1-4H3,(H,30,31,32)/t24-,25-/m1/s1. The molecule has 1 saturated carbocycles. The molecule has 2 fully saturated rings. The number of rotatable bonds is 9. The van der Waals surface area contributed by atoms with Gasteiger partial charge in [-0.05, 0) is 69.4 Å². The largest absolute Gasteiger partial charge is 0.361 e. The average Bonchev–Trinajstić information content (AvgIpc) is 3.48. The fourth-order valence-corrected chi connectivity index (χ4v) is 6.07. The first-order chi connectivity index (χ1) is 17.3. The summed E-state index contributed by atoms with van der Waals surface area (Å²) in [6.07, 6.45) is 9.09. The number of benzene rings is 1. The lowest BCUT2D eigenvalue weighted by Crippen LogP contribution is -2.53. The Morgan fingerprint density at radius 1 is 1.19 bits per heavy atom. The number of hydrogen-bond donors (Lipinski definition) is 1. The Morgan fingerprint density at radius 2 is 2.00 bits per heavy atom. The maximum atomic E-state index is 9.49. The predicted octanol–water partition coefficient (Wildman–Crippen LogP) is 5.63. The molecule has 0 amide bonds. The van der Waals surface area contributed by atoms with Crippen LogP contribution in [-0.4, -0.2) is 59.3 Å². The number of anilines is 1. The quantitative estimate of drug-likeness (QED) is 0.302. The first-order valence-electron chi connectivity index (χ1n) is 13.3. The molecule has 1 aliphatic carbocycles. The molecular formula is C28H38N6OSi. The number of fused-ring (bicyclic) bond motifs is 1.